The number of methoxy groups -OCH3 is 1. The summed E-state index contributed by atoms with van der Waals surface area (Å²) in [7, 11) is 1.67. The lowest BCUT2D eigenvalue weighted by Crippen LogP contribution is -2.45. The summed E-state index contributed by atoms with van der Waals surface area (Å²) in [4.78, 5) is 11.7. The van der Waals surface area contributed by atoms with Crippen molar-refractivity contribution in [1.29, 1.82) is 0 Å². The van der Waals surface area contributed by atoms with Gasteiger partial charge >= 0.3 is 0 Å². The minimum atomic E-state index is -0.379. The Morgan fingerprint density at radius 1 is 1.50 bits per heavy atom. The van der Waals surface area contributed by atoms with Crippen LogP contribution in [0, 0.1) is 0 Å². The van der Waals surface area contributed by atoms with Crippen molar-refractivity contribution < 1.29 is 14.6 Å². The summed E-state index contributed by atoms with van der Waals surface area (Å²) in [6, 6.07) is 0.0153. The van der Waals surface area contributed by atoms with Crippen LogP contribution in [-0.4, -0.2) is 35.9 Å². The lowest BCUT2D eigenvalue weighted by atomic mass is 9.77. The van der Waals surface area contributed by atoms with Crippen LogP contribution in [-0.2, 0) is 9.53 Å². The number of hydrogen-bond acceptors (Lipinski definition) is 3. The monoisotopic (exact) mass is 229 g/mol. The van der Waals surface area contributed by atoms with Crippen molar-refractivity contribution in [3.05, 3.63) is 0 Å². The number of amides is 1. The zero-order valence-corrected chi connectivity index (χ0v) is 10.5. The Hall–Kier alpha value is -0.610. The number of carbonyl (C=O) groups excluding carboxylic acids is 1. The second-order valence-electron chi connectivity index (χ2n) is 4.97. The van der Waals surface area contributed by atoms with Gasteiger partial charge in [0.05, 0.1) is 18.1 Å². The Balaban J connectivity index is 2.29. The van der Waals surface area contributed by atoms with E-state index in [0.29, 0.717) is 12.8 Å². The summed E-state index contributed by atoms with van der Waals surface area (Å²) in [6.45, 7) is 3.64. The zero-order valence-electron chi connectivity index (χ0n) is 10.5. The SMILES string of the molecule is COC1(CC(=O)NC(C)CC(C)O)CCC1. The standard InChI is InChI=1S/C12H23NO3/c1-9(7-10(2)14)13-11(15)8-12(16-3)5-4-6-12/h9-10,14H,4-8H2,1-3H3,(H,13,15). The normalized spacial score (nSPS) is 22.0. The van der Waals surface area contributed by atoms with Gasteiger partial charge in [-0.15, -0.1) is 0 Å². The maximum absolute atomic E-state index is 11.7. The van der Waals surface area contributed by atoms with E-state index >= 15 is 0 Å². The van der Waals surface area contributed by atoms with Crippen LogP contribution in [0.1, 0.15) is 46.0 Å². The maximum Gasteiger partial charge on any atom is 0.223 e. The molecule has 0 aromatic rings. The molecule has 4 nitrogen and oxygen atoms in total. The highest BCUT2D eigenvalue weighted by molar-refractivity contribution is 5.77. The highest BCUT2D eigenvalue weighted by atomic mass is 16.5. The van der Waals surface area contributed by atoms with Gasteiger partial charge in [-0.05, 0) is 39.5 Å². The third kappa shape index (κ3) is 3.76. The lowest BCUT2D eigenvalue weighted by Gasteiger charge is -2.40. The predicted molar refractivity (Wildman–Crippen MR) is 62.1 cm³/mol. The molecule has 4 heteroatoms. The Bertz CT molecular complexity index is 231. The average Bonchev–Trinajstić information content (AvgIpc) is 2.09. The first kappa shape index (κ1) is 13.5. The molecule has 2 unspecified atom stereocenters. The molecule has 1 fully saturated rings. The molecule has 1 aliphatic rings. The van der Waals surface area contributed by atoms with E-state index in [4.69, 9.17) is 4.74 Å². The first-order valence-electron chi connectivity index (χ1n) is 6.00. The van der Waals surface area contributed by atoms with Gasteiger partial charge in [-0.1, -0.05) is 0 Å². The van der Waals surface area contributed by atoms with E-state index in [1.807, 2.05) is 6.92 Å². The first-order chi connectivity index (χ1) is 7.47. The fraction of sp³-hybridized carbons (Fsp3) is 0.917. The molecule has 0 aromatic heterocycles. The third-order valence-corrected chi connectivity index (χ3v) is 3.28. The minimum Gasteiger partial charge on any atom is -0.393 e. The third-order valence-electron chi connectivity index (χ3n) is 3.28. The van der Waals surface area contributed by atoms with E-state index < -0.39 is 0 Å². The summed E-state index contributed by atoms with van der Waals surface area (Å²) in [5.74, 6) is 0.0229. The van der Waals surface area contributed by atoms with Crippen LogP contribution in [0.15, 0.2) is 0 Å². The summed E-state index contributed by atoms with van der Waals surface area (Å²) < 4.78 is 5.40. The first-order valence-corrected chi connectivity index (χ1v) is 6.00. The zero-order chi connectivity index (χ0) is 12.2. The second kappa shape index (κ2) is 5.64. The number of carbonyl (C=O) groups is 1. The van der Waals surface area contributed by atoms with Crippen LogP contribution in [0.25, 0.3) is 0 Å². The van der Waals surface area contributed by atoms with E-state index in [0.717, 1.165) is 19.3 Å². The Kier molecular flexibility index (Phi) is 4.74. The van der Waals surface area contributed by atoms with Gasteiger partial charge in [0.2, 0.25) is 5.91 Å². The summed E-state index contributed by atoms with van der Waals surface area (Å²) in [5.41, 5.74) is -0.214. The minimum absolute atomic E-state index is 0.0153. The fourth-order valence-corrected chi connectivity index (χ4v) is 2.21. The molecule has 0 aliphatic heterocycles. The van der Waals surface area contributed by atoms with Crippen LogP contribution in [0.3, 0.4) is 0 Å². The summed E-state index contributed by atoms with van der Waals surface area (Å²) in [5, 5.41) is 12.1. The van der Waals surface area contributed by atoms with Crippen molar-refractivity contribution in [3.63, 3.8) is 0 Å². The molecule has 0 spiro atoms. The second-order valence-corrected chi connectivity index (χ2v) is 4.97. The van der Waals surface area contributed by atoms with E-state index in [1.165, 1.54) is 0 Å². The predicted octanol–water partition coefficient (Wildman–Crippen LogP) is 1.22. The van der Waals surface area contributed by atoms with E-state index in [-0.39, 0.29) is 23.7 Å². The molecule has 2 atom stereocenters. The molecule has 1 rings (SSSR count). The van der Waals surface area contributed by atoms with Crippen LogP contribution < -0.4 is 5.32 Å². The molecule has 16 heavy (non-hydrogen) atoms. The van der Waals surface area contributed by atoms with Crippen LogP contribution >= 0.6 is 0 Å². The molecular weight excluding hydrogens is 206 g/mol. The van der Waals surface area contributed by atoms with Crippen molar-refractivity contribution in [1.82, 2.24) is 5.32 Å². The highest BCUT2D eigenvalue weighted by Crippen LogP contribution is 2.37. The molecule has 0 bridgehead atoms. The fourth-order valence-electron chi connectivity index (χ4n) is 2.21. The molecule has 1 aliphatic carbocycles. The molecule has 94 valence electrons. The molecule has 0 radical (unpaired) electrons. The quantitative estimate of drug-likeness (QED) is 0.720. The smallest absolute Gasteiger partial charge is 0.223 e. The van der Waals surface area contributed by atoms with Crippen molar-refractivity contribution in [2.75, 3.05) is 7.11 Å². The van der Waals surface area contributed by atoms with Gasteiger partial charge in [0.25, 0.3) is 0 Å². The number of rotatable bonds is 6. The van der Waals surface area contributed by atoms with E-state index in [2.05, 4.69) is 5.32 Å². The molecule has 0 saturated heterocycles. The number of hydrogen-bond donors (Lipinski definition) is 2. The summed E-state index contributed by atoms with van der Waals surface area (Å²) >= 11 is 0. The van der Waals surface area contributed by atoms with Crippen LogP contribution in [0.5, 0.6) is 0 Å². The van der Waals surface area contributed by atoms with E-state index in [1.54, 1.807) is 14.0 Å². The topological polar surface area (TPSA) is 58.6 Å². The summed E-state index contributed by atoms with van der Waals surface area (Å²) in [6.07, 6.45) is 3.74. The molecular formula is C12H23NO3. The highest BCUT2D eigenvalue weighted by Gasteiger charge is 2.39. The van der Waals surface area contributed by atoms with Crippen molar-refractivity contribution >= 4 is 5.91 Å². The number of aliphatic hydroxyl groups excluding tert-OH is 1. The molecule has 1 amide bonds. The van der Waals surface area contributed by atoms with Gasteiger partial charge in [-0.25, -0.2) is 0 Å². The van der Waals surface area contributed by atoms with E-state index in [9.17, 15) is 9.90 Å². The Labute approximate surface area is 97.4 Å². The van der Waals surface area contributed by atoms with Crippen molar-refractivity contribution in [2.45, 2.75) is 63.7 Å². The van der Waals surface area contributed by atoms with Gasteiger partial charge < -0.3 is 15.2 Å². The van der Waals surface area contributed by atoms with Crippen molar-refractivity contribution in [2.24, 2.45) is 0 Å². The van der Waals surface area contributed by atoms with Gasteiger partial charge in [-0.3, -0.25) is 4.79 Å². The Morgan fingerprint density at radius 3 is 2.50 bits per heavy atom. The van der Waals surface area contributed by atoms with Gasteiger partial charge in [0.1, 0.15) is 0 Å². The Morgan fingerprint density at radius 2 is 2.12 bits per heavy atom. The number of ether oxygens (including phenoxy) is 1. The number of nitrogens with one attached hydrogen (secondary N) is 1. The molecule has 0 heterocycles. The largest absolute Gasteiger partial charge is 0.393 e. The van der Waals surface area contributed by atoms with Gasteiger partial charge in [0, 0.05) is 13.2 Å². The van der Waals surface area contributed by atoms with Gasteiger partial charge in [0.15, 0.2) is 0 Å². The molecule has 2 N–H and O–H groups in total. The molecule has 0 aromatic carbocycles. The van der Waals surface area contributed by atoms with Gasteiger partial charge in [-0.2, -0.15) is 0 Å². The average molecular weight is 229 g/mol. The lowest BCUT2D eigenvalue weighted by molar-refractivity contribution is -0.134. The van der Waals surface area contributed by atoms with Crippen LogP contribution in [0.2, 0.25) is 0 Å². The number of aliphatic hydroxyl groups is 1. The maximum atomic E-state index is 11.7. The van der Waals surface area contributed by atoms with Crippen LogP contribution in [0.4, 0.5) is 0 Å². The molecule has 1 saturated carbocycles. The van der Waals surface area contributed by atoms with Crippen molar-refractivity contribution in [3.8, 4) is 0 Å².